The Morgan fingerprint density at radius 3 is 2.70 bits per heavy atom. The van der Waals surface area contributed by atoms with Gasteiger partial charge in [-0.2, -0.15) is 0 Å². The van der Waals surface area contributed by atoms with Gasteiger partial charge in [-0.15, -0.1) is 24.0 Å². The first kappa shape index (κ1) is 19.9. The minimum absolute atomic E-state index is 0. The fourth-order valence-corrected chi connectivity index (χ4v) is 2.61. The topological polar surface area (TPSA) is 83.0 Å². The number of aliphatic imine (C=N–C) groups is 1. The highest BCUT2D eigenvalue weighted by atomic mass is 127. The van der Waals surface area contributed by atoms with Crippen LogP contribution in [0.3, 0.4) is 0 Å². The van der Waals surface area contributed by atoms with Gasteiger partial charge in [0.2, 0.25) is 10.0 Å². The maximum absolute atomic E-state index is 10.9. The molecule has 1 aliphatic heterocycles. The number of likely N-dealkylation sites (tertiary alicyclic amines) is 1. The summed E-state index contributed by atoms with van der Waals surface area (Å²) in [5, 5.41) is 3.15. The van der Waals surface area contributed by atoms with Crippen LogP contribution in [0.15, 0.2) is 4.99 Å². The zero-order valence-corrected chi connectivity index (χ0v) is 15.4. The molecule has 1 saturated heterocycles. The number of nitrogens with one attached hydrogen (secondary N) is 2. The summed E-state index contributed by atoms with van der Waals surface area (Å²) in [5.41, 5.74) is 0. The van der Waals surface area contributed by atoms with Gasteiger partial charge >= 0.3 is 0 Å². The molecule has 20 heavy (non-hydrogen) atoms. The number of hydrogen-bond donors (Lipinski definition) is 2. The molecule has 1 atom stereocenters. The SMILES string of the molecule is CN=C(NCCNS(C)(=O)=O)N1CCC(COC)C1.I. The molecule has 0 saturated carbocycles. The van der Waals surface area contributed by atoms with Crippen LogP contribution in [0.25, 0.3) is 0 Å². The number of sulfonamides is 1. The van der Waals surface area contributed by atoms with Crippen LogP contribution in [-0.2, 0) is 14.8 Å². The third kappa shape index (κ3) is 7.60. The van der Waals surface area contributed by atoms with Crippen molar-refractivity contribution < 1.29 is 13.2 Å². The highest BCUT2D eigenvalue weighted by Crippen LogP contribution is 2.16. The van der Waals surface area contributed by atoms with Crippen molar-refractivity contribution in [2.75, 3.05) is 53.2 Å². The van der Waals surface area contributed by atoms with Gasteiger partial charge in [-0.05, 0) is 6.42 Å². The summed E-state index contributed by atoms with van der Waals surface area (Å²) in [5.74, 6) is 1.35. The number of hydrogen-bond acceptors (Lipinski definition) is 4. The van der Waals surface area contributed by atoms with E-state index in [0.29, 0.717) is 19.0 Å². The molecular formula is C11H25IN4O3S. The van der Waals surface area contributed by atoms with Crippen molar-refractivity contribution in [3.05, 3.63) is 0 Å². The van der Waals surface area contributed by atoms with Gasteiger partial charge in [-0.25, -0.2) is 13.1 Å². The summed E-state index contributed by atoms with van der Waals surface area (Å²) in [6.07, 6.45) is 2.24. The fraction of sp³-hybridized carbons (Fsp3) is 0.909. The van der Waals surface area contributed by atoms with Gasteiger partial charge < -0.3 is 15.0 Å². The summed E-state index contributed by atoms with van der Waals surface area (Å²) in [4.78, 5) is 6.38. The molecule has 1 unspecified atom stereocenters. The van der Waals surface area contributed by atoms with Crippen molar-refractivity contribution in [3.63, 3.8) is 0 Å². The molecule has 0 aromatic carbocycles. The Hall–Kier alpha value is -0.130. The van der Waals surface area contributed by atoms with E-state index in [4.69, 9.17) is 4.74 Å². The fourth-order valence-electron chi connectivity index (χ4n) is 2.14. The Kier molecular flexibility index (Phi) is 9.68. The monoisotopic (exact) mass is 420 g/mol. The standard InChI is InChI=1S/C11H24N4O3S.HI/c1-12-11(13-5-6-14-19(3,16)17)15-7-4-10(8-15)9-18-2;/h10,14H,4-9H2,1-3H3,(H,12,13);1H. The van der Waals surface area contributed by atoms with Crippen molar-refractivity contribution in [2.45, 2.75) is 6.42 Å². The summed E-state index contributed by atoms with van der Waals surface area (Å²) in [7, 11) is 0.323. The van der Waals surface area contributed by atoms with Gasteiger partial charge in [-0.3, -0.25) is 4.99 Å². The molecule has 7 nitrogen and oxygen atoms in total. The van der Waals surface area contributed by atoms with Crippen molar-refractivity contribution in [1.29, 1.82) is 0 Å². The predicted molar refractivity (Wildman–Crippen MR) is 91.2 cm³/mol. The molecular weight excluding hydrogens is 395 g/mol. The Balaban J connectivity index is 0.00000361. The molecule has 1 rings (SSSR count). The lowest BCUT2D eigenvalue weighted by Crippen LogP contribution is -2.43. The normalized spacial score (nSPS) is 19.9. The zero-order valence-electron chi connectivity index (χ0n) is 12.3. The second-order valence-corrected chi connectivity index (χ2v) is 6.53. The van der Waals surface area contributed by atoms with Crippen molar-refractivity contribution in [3.8, 4) is 0 Å². The predicted octanol–water partition coefficient (Wildman–Crippen LogP) is -0.303. The molecule has 0 radical (unpaired) electrons. The molecule has 0 aliphatic carbocycles. The minimum atomic E-state index is -3.12. The lowest BCUT2D eigenvalue weighted by atomic mass is 10.1. The Labute approximate surface area is 138 Å². The molecule has 1 heterocycles. The van der Waals surface area contributed by atoms with Crippen LogP contribution in [0.2, 0.25) is 0 Å². The summed E-state index contributed by atoms with van der Waals surface area (Å²) in [6.45, 7) is 3.52. The Bertz CT molecular complexity index is 402. The molecule has 0 amide bonds. The Morgan fingerprint density at radius 2 is 2.15 bits per heavy atom. The van der Waals surface area contributed by atoms with Crippen LogP contribution >= 0.6 is 24.0 Å². The first-order valence-electron chi connectivity index (χ1n) is 6.35. The highest BCUT2D eigenvalue weighted by Gasteiger charge is 2.24. The van der Waals surface area contributed by atoms with E-state index < -0.39 is 10.0 Å². The summed E-state index contributed by atoms with van der Waals surface area (Å²) < 4.78 is 29.4. The van der Waals surface area contributed by atoms with Gasteiger partial charge in [0.1, 0.15) is 0 Å². The van der Waals surface area contributed by atoms with Gasteiger partial charge in [0.15, 0.2) is 5.96 Å². The number of guanidine groups is 1. The number of ether oxygens (including phenoxy) is 1. The van der Waals surface area contributed by atoms with E-state index in [-0.39, 0.29) is 24.0 Å². The largest absolute Gasteiger partial charge is 0.384 e. The summed E-state index contributed by atoms with van der Waals surface area (Å²) in [6, 6.07) is 0. The first-order valence-corrected chi connectivity index (χ1v) is 8.24. The molecule has 0 aromatic heterocycles. The molecule has 1 aliphatic rings. The van der Waals surface area contributed by atoms with E-state index in [0.717, 1.165) is 38.3 Å². The van der Waals surface area contributed by atoms with E-state index in [2.05, 4.69) is 19.9 Å². The smallest absolute Gasteiger partial charge is 0.208 e. The van der Waals surface area contributed by atoms with Crippen molar-refractivity contribution in [2.24, 2.45) is 10.9 Å². The van der Waals surface area contributed by atoms with Crippen LogP contribution in [0.4, 0.5) is 0 Å². The number of rotatable bonds is 6. The van der Waals surface area contributed by atoms with Gasteiger partial charge in [0, 0.05) is 46.3 Å². The van der Waals surface area contributed by atoms with Gasteiger partial charge in [0.05, 0.1) is 12.9 Å². The van der Waals surface area contributed by atoms with E-state index in [1.54, 1.807) is 14.2 Å². The molecule has 1 fully saturated rings. The van der Waals surface area contributed by atoms with E-state index in [9.17, 15) is 8.42 Å². The van der Waals surface area contributed by atoms with E-state index >= 15 is 0 Å². The average Bonchev–Trinajstić information content (AvgIpc) is 2.77. The van der Waals surface area contributed by atoms with Crippen molar-refractivity contribution >= 4 is 40.0 Å². The lowest BCUT2D eigenvalue weighted by molar-refractivity contribution is 0.157. The third-order valence-corrected chi connectivity index (χ3v) is 3.70. The molecule has 0 aromatic rings. The molecule has 2 N–H and O–H groups in total. The number of methoxy groups -OCH3 is 1. The number of nitrogens with zero attached hydrogens (tertiary/aromatic N) is 2. The van der Waals surface area contributed by atoms with E-state index in [1.165, 1.54) is 0 Å². The molecule has 120 valence electrons. The van der Waals surface area contributed by atoms with Crippen molar-refractivity contribution in [1.82, 2.24) is 14.9 Å². The second-order valence-electron chi connectivity index (χ2n) is 4.70. The molecule has 0 bridgehead atoms. The summed E-state index contributed by atoms with van der Waals surface area (Å²) >= 11 is 0. The second kappa shape index (κ2) is 9.74. The minimum Gasteiger partial charge on any atom is -0.384 e. The van der Waals surface area contributed by atoms with Crippen LogP contribution in [0.1, 0.15) is 6.42 Å². The van der Waals surface area contributed by atoms with E-state index in [1.807, 2.05) is 0 Å². The zero-order chi connectivity index (χ0) is 14.3. The van der Waals surface area contributed by atoms with Crippen LogP contribution < -0.4 is 10.0 Å². The average molecular weight is 420 g/mol. The van der Waals surface area contributed by atoms with Crippen LogP contribution in [0, 0.1) is 5.92 Å². The third-order valence-electron chi connectivity index (χ3n) is 2.97. The van der Waals surface area contributed by atoms with Crippen LogP contribution in [-0.4, -0.2) is 72.5 Å². The maximum Gasteiger partial charge on any atom is 0.208 e. The number of halogens is 1. The molecule has 9 heteroatoms. The quantitative estimate of drug-likeness (QED) is 0.267. The lowest BCUT2D eigenvalue weighted by Gasteiger charge is -2.21. The highest BCUT2D eigenvalue weighted by molar-refractivity contribution is 14.0. The Morgan fingerprint density at radius 1 is 1.45 bits per heavy atom. The first-order chi connectivity index (χ1) is 8.96. The van der Waals surface area contributed by atoms with Gasteiger partial charge in [-0.1, -0.05) is 0 Å². The molecule has 0 spiro atoms. The van der Waals surface area contributed by atoms with Crippen LogP contribution in [0.5, 0.6) is 0 Å². The van der Waals surface area contributed by atoms with Gasteiger partial charge in [0.25, 0.3) is 0 Å². The maximum atomic E-state index is 10.9.